The van der Waals surface area contributed by atoms with Gasteiger partial charge in [0.15, 0.2) is 0 Å². The van der Waals surface area contributed by atoms with Crippen molar-refractivity contribution in [3.8, 4) is 0 Å². The van der Waals surface area contributed by atoms with Gasteiger partial charge in [-0.3, -0.25) is 0 Å². The van der Waals surface area contributed by atoms with Gasteiger partial charge < -0.3 is 15.1 Å². The number of benzene rings is 1. The Kier molecular flexibility index (Phi) is 3.89. The van der Waals surface area contributed by atoms with Gasteiger partial charge in [0.2, 0.25) is 0 Å². The van der Waals surface area contributed by atoms with Crippen LogP contribution >= 0.6 is 11.6 Å². The van der Waals surface area contributed by atoms with Crippen molar-refractivity contribution in [2.24, 2.45) is 0 Å². The Labute approximate surface area is 110 Å². The number of urea groups is 1. The van der Waals surface area contributed by atoms with Crippen LogP contribution in [0.1, 0.15) is 11.5 Å². The van der Waals surface area contributed by atoms with Gasteiger partial charge in [0.05, 0.1) is 6.54 Å². The number of hydrogen-bond donors (Lipinski definition) is 2. The van der Waals surface area contributed by atoms with E-state index in [0.717, 1.165) is 11.5 Å². The lowest BCUT2D eigenvalue weighted by Crippen LogP contribution is -2.27. The van der Waals surface area contributed by atoms with Gasteiger partial charge in [0.25, 0.3) is 0 Å². The minimum Gasteiger partial charge on any atom is -0.465 e. The number of nitrogens with one attached hydrogen (secondary N) is 2. The standard InChI is InChI=1S/C13H13ClN2O2/c1-9-2-7-12(18-9)8-15-13(17)16-11-5-3-10(14)4-6-11/h2-7H,8H2,1H3,(H2,15,16,17). The molecule has 0 fully saturated rings. The molecule has 0 aliphatic heterocycles. The van der Waals surface area contributed by atoms with Crippen LogP contribution in [0, 0.1) is 6.92 Å². The van der Waals surface area contributed by atoms with E-state index in [1.54, 1.807) is 24.3 Å². The predicted octanol–water partition coefficient (Wildman–Crippen LogP) is 3.56. The zero-order valence-electron chi connectivity index (χ0n) is 9.87. The largest absolute Gasteiger partial charge is 0.465 e. The molecule has 1 heterocycles. The van der Waals surface area contributed by atoms with Gasteiger partial charge in [0, 0.05) is 10.7 Å². The van der Waals surface area contributed by atoms with Crippen molar-refractivity contribution in [1.29, 1.82) is 0 Å². The molecule has 0 bridgehead atoms. The number of aryl methyl sites for hydroxylation is 1. The van der Waals surface area contributed by atoms with Gasteiger partial charge in [0.1, 0.15) is 11.5 Å². The second-order valence-corrected chi connectivity index (χ2v) is 4.26. The second kappa shape index (κ2) is 5.60. The molecule has 0 unspecified atom stereocenters. The summed E-state index contributed by atoms with van der Waals surface area (Å²) in [6.07, 6.45) is 0. The van der Waals surface area contributed by atoms with Gasteiger partial charge in [-0.15, -0.1) is 0 Å². The fourth-order valence-electron chi connectivity index (χ4n) is 1.46. The maximum Gasteiger partial charge on any atom is 0.319 e. The van der Waals surface area contributed by atoms with Crippen LogP contribution in [0.3, 0.4) is 0 Å². The molecule has 2 aromatic rings. The Morgan fingerprint density at radius 1 is 1.22 bits per heavy atom. The van der Waals surface area contributed by atoms with E-state index in [1.165, 1.54) is 0 Å². The molecule has 0 radical (unpaired) electrons. The van der Waals surface area contributed by atoms with Crippen LogP contribution < -0.4 is 10.6 Å². The van der Waals surface area contributed by atoms with E-state index in [-0.39, 0.29) is 6.03 Å². The summed E-state index contributed by atoms with van der Waals surface area (Å²) >= 11 is 5.75. The fraction of sp³-hybridized carbons (Fsp3) is 0.154. The summed E-state index contributed by atoms with van der Waals surface area (Å²) in [6.45, 7) is 2.21. The number of amides is 2. The summed E-state index contributed by atoms with van der Waals surface area (Å²) in [4.78, 5) is 11.6. The smallest absolute Gasteiger partial charge is 0.319 e. The van der Waals surface area contributed by atoms with Crippen molar-refractivity contribution in [2.75, 3.05) is 5.32 Å². The molecule has 0 saturated heterocycles. The third-order valence-corrected chi connectivity index (χ3v) is 2.57. The molecule has 0 aliphatic rings. The lowest BCUT2D eigenvalue weighted by Gasteiger charge is -2.06. The molecule has 94 valence electrons. The Hall–Kier alpha value is -1.94. The van der Waals surface area contributed by atoms with E-state index in [0.29, 0.717) is 17.3 Å². The highest BCUT2D eigenvalue weighted by Crippen LogP contribution is 2.13. The number of carbonyl (C=O) groups is 1. The summed E-state index contributed by atoms with van der Waals surface area (Å²) < 4.78 is 5.34. The number of hydrogen-bond acceptors (Lipinski definition) is 2. The van der Waals surface area contributed by atoms with Crippen LogP contribution in [0.5, 0.6) is 0 Å². The zero-order chi connectivity index (χ0) is 13.0. The molecule has 18 heavy (non-hydrogen) atoms. The highest BCUT2D eigenvalue weighted by Gasteiger charge is 2.03. The number of furan rings is 1. The Morgan fingerprint density at radius 3 is 2.56 bits per heavy atom. The zero-order valence-corrected chi connectivity index (χ0v) is 10.6. The normalized spacial score (nSPS) is 10.1. The minimum atomic E-state index is -0.286. The third-order valence-electron chi connectivity index (χ3n) is 2.32. The SMILES string of the molecule is Cc1ccc(CNC(=O)Nc2ccc(Cl)cc2)o1. The lowest BCUT2D eigenvalue weighted by molar-refractivity contribution is 0.250. The highest BCUT2D eigenvalue weighted by atomic mass is 35.5. The van der Waals surface area contributed by atoms with Crippen LogP contribution in [0.25, 0.3) is 0 Å². The predicted molar refractivity (Wildman–Crippen MR) is 70.8 cm³/mol. The summed E-state index contributed by atoms with van der Waals surface area (Å²) in [6, 6.07) is 10.3. The fourth-order valence-corrected chi connectivity index (χ4v) is 1.58. The minimum absolute atomic E-state index is 0.286. The Bertz CT molecular complexity index is 534. The summed E-state index contributed by atoms with van der Waals surface area (Å²) in [5.74, 6) is 1.55. The molecule has 0 atom stereocenters. The summed E-state index contributed by atoms with van der Waals surface area (Å²) in [5.41, 5.74) is 0.688. The van der Waals surface area contributed by atoms with Crippen LogP contribution in [0.2, 0.25) is 5.02 Å². The van der Waals surface area contributed by atoms with Crippen molar-refractivity contribution >= 4 is 23.3 Å². The molecule has 2 N–H and O–H groups in total. The molecule has 2 rings (SSSR count). The van der Waals surface area contributed by atoms with Crippen LogP contribution in [-0.2, 0) is 6.54 Å². The van der Waals surface area contributed by atoms with Gasteiger partial charge in [-0.2, -0.15) is 0 Å². The molecule has 1 aromatic heterocycles. The molecule has 4 nitrogen and oxygen atoms in total. The monoisotopic (exact) mass is 264 g/mol. The third kappa shape index (κ3) is 3.53. The van der Waals surface area contributed by atoms with E-state index in [2.05, 4.69) is 10.6 Å². The first kappa shape index (κ1) is 12.5. The molecular weight excluding hydrogens is 252 g/mol. The average molecular weight is 265 g/mol. The van der Waals surface area contributed by atoms with Crippen LogP contribution in [-0.4, -0.2) is 6.03 Å². The first-order valence-electron chi connectivity index (χ1n) is 5.49. The Morgan fingerprint density at radius 2 is 1.94 bits per heavy atom. The number of anilines is 1. The molecule has 0 spiro atoms. The van der Waals surface area contributed by atoms with Crippen molar-refractivity contribution in [3.05, 3.63) is 52.9 Å². The lowest BCUT2D eigenvalue weighted by atomic mass is 10.3. The average Bonchev–Trinajstić information content (AvgIpc) is 2.76. The number of halogens is 1. The van der Waals surface area contributed by atoms with E-state index < -0.39 is 0 Å². The van der Waals surface area contributed by atoms with Crippen molar-refractivity contribution in [3.63, 3.8) is 0 Å². The molecule has 5 heteroatoms. The first-order valence-corrected chi connectivity index (χ1v) is 5.87. The van der Waals surface area contributed by atoms with Crippen molar-refractivity contribution in [2.45, 2.75) is 13.5 Å². The van der Waals surface area contributed by atoms with E-state index in [1.807, 2.05) is 19.1 Å². The molecule has 1 aromatic carbocycles. The molecular formula is C13H13ClN2O2. The highest BCUT2D eigenvalue weighted by molar-refractivity contribution is 6.30. The van der Waals surface area contributed by atoms with E-state index in [9.17, 15) is 4.79 Å². The molecule has 0 aliphatic carbocycles. The summed E-state index contributed by atoms with van der Waals surface area (Å²) in [7, 11) is 0. The second-order valence-electron chi connectivity index (χ2n) is 3.83. The quantitative estimate of drug-likeness (QED) is 0.891. The molecule has 0 saturated carbocycles. The van der Waals surface area contributed by atoms with Gasteiger partial charge in [-0.05, 0) is 43.3 Å². The Balaban J connectivity index is 1.83. The van der Waals surface area contributed by atoms with Gasteiger partial charge in [-0.25, -0.2) is 4.79 Å². The summed E-state index contributed by atoms with van der Waals surface area (Å²) in [5, 5.41) is 6.03. The topological polar surface area (TPSA) is 54.3 Å². The maximum atomic E-state index is 11.6. The maximum absolute atomic E-state index is 11.6. The van der Waals surface area contributed by atoms with Gasteiger partial charge >= 0.3 is 6.03 Å². The number of rotatable bonds is 3. The van der Waals surface area contributed by atoms with Crippen molar-refractivity contribution < 1.29 is 9.21 Å². The number of carbonyl (C=O) groups excluding carboxylic acids is 1. The first-order chi connectivity index (χ1) is 8.63. The van der Waals surface area contributed by atoms with Crippen molar-refractivity contribution in [1.82, 2.24) is 5.32 Å². The van der Waals surface area contributed by atoms with E-state index >= 15 is 0 Å². The van der Waals surface area contributed by atoms with Crippen LogP contribution in [0.15, 0.2) is 40.8 Å². The molecule has 2 amide bonds. The van der Waals surface area contributed by atoms with E-state index in [4.69, 9.17) is 16.0 Å². The van der Waals surface area contributed by atoms with Crippen LogP contribution in [0.4, 0.5) is 10.5 Å². The van der Waals surface area contributed by atoms with Gasteiger partial charge in [-0.1, -0.05) is 11.6 Å².